The average molecular weight is 212 g/mol. The van der Waals surface area contributed by atoms with E-state index in [1.165, 1.54) is 11.9 Å². The first-order valence-electron chi connectivity index (χ1n) is 4.07. The third-order valence-corrected chi connectivity index (χ3v) is 2.17. The summed E-state index contributed by atoms with van der Waals surface area (Å²) in [6, 6.07) is 7.46. The van der Waals surface area contributed by atoms with Gasteiger partial charge in [-0.25, -0.2) is 0 Å². The summed E-state index contributed by atoms with van der Waals surface area (Å²) in [5, 5.41) is 5.36. The van der Waals surface area contributed by atoms with Crippen molar-refractivity contribution in [2.24, 2.45) is 10.9 Å². The van der Waals surface area contributed by atoms with Crippen LogP contribution in [-0.2, 0) is 16.1 Å². The van der Waals surface area contributed by atoms with Gasteiger partial charge in [-0.2, -0.15) is 0 Å². The fourth-order valence-corrected chi connectivity index (χ4v) is 1.18. The summed E-state index contributed by atoms with van der Waals surface area (Å²) >= 11 is 1.18. The van der Waals surface area contributed by atoms with E-state index >= 15 is 0 Å². The molecule has 0 aliphatic rings. The van der Waals surface area contributed by atoms with Gasteiger partial charge in [0.1, 0.15) is 6.61 Å². The molecular formula is C9H12N2O2S. The minimum Gasteiger partial charge on any atom is -0.460 e. The maximum Gasteiger partial charge on any atom is 0.320 e. The van der Waals surface area contributed by atoms with Gasteiger partial charge in [0, 0.05) is 4.90 Å². The lowest BCUT2D eigenvalue weighted by atomic mass is 10.2. The molecule has 0 aliphatic carbocycles. The summed E-state index contributed by atoms with van der Waals surface area (Å²) < 4.78 is 4.85. The van der Waals surface area contributed by atoms with Gasteiger partial charge >= 0.3 is 5.97 Å². The molecule has 5 heteroatoms. The molecule has 4 nitrogen and oxygen atoms in total. The number of rotatable bonds is 4. The van der Waals surface area contributed by atoms with Crippen LogP contribution in [0.5, 0.6) is 0 Å². The molecule has 0 aromatic heterocycles. The van der Waals surface area contributed by atoms with Gasteiger partial charge in [-0.15, -0.1) is 0 Å². The fraction of sp³-hybridized carbons (Fsp3) is 0.222. The zero-order valence-corrected chi connectivity index (χ0v) is 8.42. The van der Waals surface area contributed by atoms with Gasteiger partial charge in [0.25, 0.3) is 0 Å². The van der Waals surface area contributed by atoms with Gasteiger partial charge in [0.15, 0.2) is 0 Å². The van der Waals surface area contributed by atoms with Gasteiger partial charge in [-0.05, 0) is 29.6 Å². The molecule has 76 valence electrons. The molecule has 0 spiro atoms. The SMILES string of the molecule is NCC(=O)OCc1ccc(SN)cc1. The van der Waals surface area contributed by atoms with Crippen molar-refractivity contribution in [1.29, 1.82) is 0 Å². The summed E-state index contributed by atoms with van der Waals surface area (Å²) in [5.74, 6) is -0.401. The van der Waals surface area contributed by atoms with Crippen LogP contribution in [0.2, 0.25) is 0 Å². The minimum absolute atomic E-state index is 0.0866. The van der Waals surface area contributed by atoms with Crippen molar-refractivity contribution in [3.8, 4) is 0 Å². The third-order valence-electron chi connectivity index (χ3n) is 1.63. The van der Waals surface area contributed by atoms with Crippen LogP contribution in [0.1, 0.15) is 5.56 Å². The molecular weight excluding hydrogens is 200 g/mol. The number of hydrogen-bond donors (Lipinski definition) is 2. The zero-order valence-electron chi connectivity index (χ0n) is 7.60. The van der Waals surface area contributed by atoms with E-state index < -0.39 is 5.97 Å². The predicted molar refractivity (Wildman–Crippen MR) is 55.3 cm³/mol. The van der Waals surface area contributed by atoms with Crippen LogP contribution in [0, 0.1) is 0 Å². The number of carbonyl (C=O) groups excluding carboxylic acids is 1. The molecule has 1 aromatic carbocycles. The van der Waals surface area contributed by atoms with Crippen molar-refractivity contribution < 1.29 is 9.53 Å². The summed E-state index contributed by atoms with van der Waals surface area (Å²) in [6.07, 6.45) is 0. The lowest BCUT2D eigenvalue weighted by Gasteiger charge is -2.03. The Morgan fingerprint density at radius 3 is 2.50 bits per heavy atom. The van der Waals surface area contributed by atoms with Gasteiger partial charge in [-0.1, -0.05) is 12.1 Å². The van der Waals surface area contributed by atoms with Crippen molar-refractivity contribution in [2.75, 3.05) is 6.54 Å². The molecule has 1 rings (SSSR count). The number of carbonyl (C=O) groups is 1. The second kappa shape index (κ2) is 5.64. The zero-order chi connectivity index (χ0) is 10.4. The predicted octanol–water partition coefficient (Wildman–Crippen LogP) is 0.654. The van der Waals surface area contributed by atoms with Crippen LogP contribution in [0.15, 0.2) is 29.2 Å². The Bertz CT molecular complexity index is 300. The van der Waals surface area contributed by atoms with Crippen molar-refractivity contribution in [2.45, 2.75) is 11.5 Å². The first-order chi connectivity index (χ1) is 6.76. The molecule has 0 bridgehead atoms. The maximum absolute atomic E-state index is 10.7. The standard InChI is InChI=1S/C9H12N2O2S/c10-5-9(12)13-6-7-1-3-8(14-11)4-2-7/h1-4H,5-6,10-11H2. The van der Waals surface area contributed by atoms with E-state index in [0.29, 0.717) is 0 Å². The van der Waals surface area contributed by atoms with Crippen LogP contribution in [0.3, 0.4) is 0 Å². The van der Waals surface area contributed by atoms with E-state index in [2.05, 4.69) is 0 Å². The lowest BCUT2D eigenvalue weighted by Crippen LogP contribution is -2.16. The molecule has 0 unspecified atom stereocenters. The molecule has 0 amide bonds. The molecule has 0 saturated carbocycles. The Morgan fingerprint density at radius 2 is 2.00 bits per heavy atom. The Labute approximate surface area is 86.7 Å². The van der Waals surface area contributed by atoms with Gasteiger partial charge in [0.05, 0.1) is 6.54 Å². The number of hydrogen-bond acceptors (Lipinski definition) is 5. The van der Waals surface area contributed by atoms with Crippen molar-refractivity contribution in [1.82, 2.24) is 0 Å². The molecule has 1 aromatic rings. The van der Waals surface area contributed by atoms with E-state index in [-0.39, 0.29) is 13.2 Å². The van der Waals surface area contributed by atoms with Crippen LogP contribution < -0.4 is 10.9 Å². The van der Waals surface area contributed by atoms with E-state index in [1.54, 1.807) is 0 Å². The van der Waals surface area contributed by atoms with Crippen LogP contribution in [0.25, 0.3) is 0 Å². The molecule has 0 heterocycles. The van der Waals surface area contributed by atoms with E-state index in [9.17, 15) is 4.79 Å². The Kier molecular flexibility index (Phi) is 4.45. The smallest absolute Gasteiger partial charge is 0.320 e. The van der Waals surface area contributed by atoms with Crippen LogP contribution in [-0.4, -0.2) is 12.5 Å². The van der Waals surface area contributed by atoms with Crippen molar-refractivity contribution in [3.05, 3.63) is 29.8 Å². The van der Waals surface area contributed by atoms with Crippen LogP contribution in [0.4, 0.5) is 0 Å². The monoisotopic (exact) mass is 212 g/mol. The Balaban J connectivity index is 2.47. The summed E-state index contributed by atoms with van der Waals surface area (Å²) in [6.45, 7) is 0.169. The average Bonchev–Trinajstić information content (AvgIpc) is 2.26. The molecule has 0 aliphatic heterocycles. The Morgan fingerprint density at radius 1 is 1.36 bits per heavy atom. The van der Waals surface area contributed by atoms with Gasteiger partial charge in [-0.3, -0.25) is 9.93 Å². The molecule has 4 N–H and O–H groups in total. The first kappa shape index (κ1) is 11.0. The van der Waals surface area contributed by atoms with Gasteiger partial charge < -0.3 is 10.5 Å². The molecule has 0 atom stereocenters. The van der Waals surface area contributed by atoms with E-state index in [4.69, 9.17) is 15.6 Å². The quantitative estimate of drug-likeness (QED) is 0.566. The van der Waals surface area contributed by atoms with Gasteiger partial charge in [0.2, 0.25) is 0 Å². The number of esters is 1. The largest absolute Gasteiger partial charge is 0.460 e. The highest BCUT2D eigenvalue weighted by molar-refractivity contribution is 7.97. The fourth-order valence-electron chi connectivity index (χ4n) is 0.887. The highest BCUT2D eigenvalue weighted by Crippen LogP contribution is 2.12. The van der Waals surface area contributed by atoms with E-state index in [0.717, 1.165) is 10.5 Å². The number of nitrogens with two attached hydrogens (primary N) is 2. The van der Waals surface area contributed by atoms with Crippen molar-refractivity contribution in [3.63, 3.8) is 0 Å². The lowest BCUT2D eigenvalue weighted by molar-refractivity contribution is -0.143. The summed E-state index contributed by atoms with van der Waals surface area (Å²) in [7, 11) is 0. The minimum atomic E-state index is -0.401. The normalized spacial score (nSPS) is 9.86. The summed E-state index contributed by atoms with van der Waals surface area (Å²) in [5.41, 5.74) is 6.01. The van der Waals surface area contributed by atoms with Crippen molar-refractivity contribution >= 4 is 17.9 Å². The molecule has 0 saturated heterocycles. The highest BCUT2D eigenvalue weighted by atomic mass is 32.2. The first-order valence-corrected chi connectivity index (χ1v) is 4.95. The van der Waals surface area contributed by atoms with E-state index in [1.807, 2.05) is 24.3 Å². The highest BCUT2D eigenvalue weighted by Gasteiger charge is 1.99. The topological polar surface area (TPSA) is 78.3 Å². The van der Waals surface area contributed by atoms with Crippen LogP contribution >= 0.6 is 11.9 Å². The Hall–Kier alpha value is -1.04. The number of benzene rings is 1. The molecule has 0 radical (unpaired) electrons. The molecule has 14 heavy (non-hydrogen) atoms. The molecule has 0 fully saturated rings. The third kappa shape index (κ3) is 3.37. The number of ether oxygens (including phenoxy) is 1. The second-order valence-corrected chi connectivity index (χ2v) is 3.33. The summed E-state index contributed by atoms with van der Waals surface area (Å²) in [4.78, 5) is 11.7. The second-order valence-electron chi connectivity index (χ2n) is 2.63. The maximum atomic E-state index is 10.7.